The minimum Gasteiger partial charge on any atom is -0.491 e. The highest BCUT2D eigenvalue weighted by molar-refractivity contribution is 9.10. The minimum absolute atomic E-state index is 0.0539. The van der Waals surface area contributed by atoms with Gasteiger partial charge in [-0.3, -0.25) is 19.3 Å². The number of carbonyl (C=O) groups excluding carboxylic acids is 1. The lowest BCUT2D eigenvalue weighted by molar-refractivity contribution is 0.0178. The SMILES string of the molecule is CC(C)c1ncccc1-n1c(=O)[nH]c(=O)c2c(OC[C@@H]3CN(C(=O)OC(C)(C)C)CCN3)cc(Br)cc21. The largest absolute Gasteiger partial charge is 0.491 e. The lowest BCUT2D eigenvalue weighted by Crippen LogP contribution is -2.55. The van der Waals surface area contributed by atoms with Crippen molar-refractivity contribution in [1.82, 2.24) is 24.8 Å². The number of carbonyl (C=O) groups is 1. The standard InChI is InChI=1S/C26H32BrN5O5/c1-15(2)22-18(7-6-8-29-22)32-19-11-16(27)12-20(21(19)23(33)30-24(32)34)36-14-17-13-31(10-9-28-17)25(35)37-26(3,4)5/h6-8,11-12,15,17,28H,9-10,13-14H2,1-5H3,(H,30,33,34)/t17-/m0/s1. The Kier molecular flexibility index (Phi) is 7.75. The molecule has 0 bridgehead atoms. The van der Waals surface area contributed by atoms with E-state index in [1.54, 1.807) is 35.4 Å². The average molecular weight is 574 g/mol. The molecule has 0 radical (unpaired) electrons. The van der Waals surface area contributed by atoms with Crippen molar-refractivity contribution in [2.75, 3.05) is 26.2 Å². The third kappa shape index (κ3) is 6.04. The summed E-state index contributed by atoms with van der Waals surface area (Å²) < 4.78 is 13.7. The fourth-order valence-corrected chi connectivity index (χ4v) is 4.74. The van der Waals surface area contributed by atoms with E-state index in [-0.39, 0.29) is 30.0 Å². The number of aromatic amines is 1. The number of ether oxygens (including phenoxy) is 2. The summed E-state index contributed by atoms with van der Waals surface area (Å²) >= 11 is 3.50. The maximum Gasteiger partial charge on any atom is 0.410 e. The maximum absolute atomic E-state index is 13.0. The fourth-order valence-electron chi connectivity index (χ4n) is 4.31. The van der Waals surface area contributed by atoms with Crippen LogP contribution in [0.15, 0.2) is 44.5 Å². The molecule has 1 aliphatic rings. The van der Waals surface area contributed by atoms with Gasteiger partial charge in [-0.25, -0.2) is 9.59 Å². The van der Waals surface area contributed by atoms with Gasteiger partial charge in [0.25, 0.3) is 5.56 Å². The summed E-state index contributed by atoms with van der Waals surface area (Å²) in [5.74, 6) is 0.379. The summed E-state index contributed by atoms with van der Waals surface area (Å²) in [6.07, 6.45) is 1.31. The Morgan fingerprint density at radius 1 is 1.27 bits per heavy atom. The zero-order chi connectivity index (χ0) is 26.9. The van der Waals surface area contributed by atoms with E-state index in [4.69, 9.17) is 9.47 Å². The molecule has 1 amide bonds. The van der Waals surface area contributed by atoms with Gasteiger partial charge in [0.2, 0.25) is 0 Å². The smallest absolute Gasteiger partial charge is 0.410 e. The molecule has 10 nitrogen and oxygen atoms in total. The van der Waals surface area contributed by atoms with E-state index < -0.39 is 16.9 Å². The zero-order valence-corrected chi connectivity index (χ0v) is 23.2. The van der Waals surface area contributed by atoms with E-state index in [1.807, 2.05) is 34.6 Å². The number of hydrogen-bond donors (Lipinski definition) is 2. The molecule has 1 aliphatic heterocycles. The molecule has 0 aliphatic carbocycles. The van der Waals surface area contributed by atoms with Crippen LogP contribution in [-0.4, -0.2) is 63.4 Å². The van der Waals surface area contributed by atoms with Crippen molar-refractivity contribution in [2.45, 2.75) is 52.2 Å². The van der Waals surface area contributed by atoms with Gasteiger partial charge in [-0.05, 0) is 51.0 Å². The summed E-state index contributed by atoms with van der Waals surface area (Å²) in [7, 11) is 0. The molecule has 11 heteroatoms. The lowest BCUT2D eigenvalue weighted by Gasteiger charge is -2.34. The number of fused-ring (bicyclic) bond motifs is 1. The molecule has 3 aromatic rings. The number of amides is 1. The van der Waals surface area contributed by atoms with Gasteiger partial charge in [0.15, 0.2) is 0 Å². The van der Waals surface area contributed by atoms with Gasteiger partial charge < -0.3 is 19.7 Å². The molecule has 198 valence electrons. The summed E-state index contributed by atoms with van der Waals surface area (Å²) in [5.41, 5.74) is 0.0480. The number of benzene rings is 1. The second-order valence-electron chi connectivity index (χ2n) is 10.3. The Hall–Kier alpha value is -3.18. The second kappa shape index (κ2) is 10.7. The van der Waals surface area contributed by atoms with Crippen molar-refractivity contribution >= 4 is 32.9 Å². The van der Waals surface area contributed by atoms with Crippen LogP contribution in [0.1, 0.15) is 46.2 Å². The van der Waals surface area contributed by atoms with Gasteiger partial charge in [0.05, 0.1) is 22.9 Å². The highest BCUT2D eigenvalue weighted by atomic mass is 79.9. The van der Waals surface area contributed by atoms with E-state index >= 15 is 0 Å². The average Bonchev–Trinajstić information content (AvgIpc) is 2.81. The highest BCUT2D eigenvalue weighted by Crippen LogP contribution is 2.30. The van der Waals surface area contributed by atoms with Crippen LogP contribution in [0.4, 0.5) is 4.79 Å². The molecule has 1 atom stereocenters. The Labute approximate surface area is 223 Å². The maximum atomic E-state index is 13.0. The van der Waals surface area contributed by atoms with Crippen molar-refractivity contribution in [1.29, 1.82) is 0 Å². The number of aromatic nitrogens is 3. The predicted molar refractivity (Wildman–Crippen MR) is 145 cm³/mol. The van der Waals surface area contributed by atoms with Gasteiger partial charge in [0, 0.05) is 30.3 Å². The number of piperazine rings is 1. The molecule has 4 rings (SSSR count). The number of rotatable bonds is 5. The molecule has 1 saturated heterocycles. The van der Waals surface area contributed by atoms with Gasteiger partial charge in [-0.2, -0.15) is 0 Å². The monoisotopic (exact) mass is 573 g/mol. The van der Waals surface area contributed by atoms with Crippen LogP contribution in [0.5, 0.6) is 5.75 Å². The number of halogens is 1. The minimum atomic E-state index is -0.580. The van der Waals surface area contributed by atoms with Crippen LogP contribution >= 0.6 is 15.9 Å². The number of H-pyrrole nitrogens is 1. The first kappa shape index (κ1) is 26.9. The number of nitrogens with one attached hydrogen (secondary N) is 2. The Bertz CT molecular complexity index is 1430. The van der Waals surface area contributed by atoms with Gasteiger partial charge in [0.1, 0.15) is 23.3 Å². The van der Waals surface area contributed by atoms with E-state index in [2.05, 4.69) is 31.2 Å². The van der Waals surface area contributed by atoms with Crippen LogP contribution in [0.2, 0.25) is 0 Å². The predicted octanol–water partition coefficient (Wildman–Crippen LogP) is 3.55. The van der Waals surface area contributed by atoms with E-state index in [0.717, 1.165) is 5.69 Å². The van der Waals surface area contributed by atoms with Crippen molar-refractivity contribution in [3.63, 3.8) is 0 Å². The molecule has 2 aromatic heterocycles. The first-order chi connectivity index (χ1) is 17.4. The lowest BCUT2D eigenvalue weighted by atomic mass is 10.1. The third-order valence-corrected chi connectivity index (χ3v) is 6.35. The van der Waals surface area contributed by atoms with Crippen molar-refractivity contribution in [3.05, 3.63) is 61.5 Å². The second-order valence-corrected chi connectivity index (χ2v) is 11.3. The summed E-state index contributed by atoms with van der Waals surface area (Å²) in [5, 5.41) is 3.60. The van der Waals surface area contributed by atoms with Crippen molar-refractivity contribution < 1.29 is 14.3 Å². The molecule has 1 fully saturated rings. The quantitative estimate of drug-likeness (QED) is 0.479. The van der Waals surface area contributed by atoms with Crippen molar-refractivity contribution in [2.24, 2.45) is 0 Å². The van der Waals surface area contributed by atoms with Crippen LogP contribution in [0.3, 0.4) is 0 Å². The first-order valence-corrected chi connectivity index (χ1v) is 13.0. The van der Waals surface area contributed by atoms with Crippen LogP contribution < -0.4 is 21.3 Å². The Morgan fingerprint density at radius 2 is 2.03 bits per heavy atom. The van der Waals surface area contributed by atoms with Gasteiger partial charge in [-0.1, -0.05) is 29.8 Å². The molecule has 3 heterocycles. The number of pyridine rings is 1. The molecule has 37 heavy (non-hydrogen) atoms. The van der Waals surface area contributed by atoms with Crippen LogP contribution in [0, 0.1) is 0 Å². The number of hydrogen-bond acceptors (Lipinski definition) is 7. The Balaban J connectivity index is 1.67. The molecule has 1 aromatic carbocycles. The molecule has 0 saturated carbocycles. The van der Waals surface area contributed by atoms with Gasteiger partial charge in [-0.15, -0.1) is 0 Å². The van der Waals surface area contributed by atoms with E-state index in [1.165, 1.54) is 4.57 Å². The number of nitrogens with zero attached hydrogens (tertiary/aromatic N) is 3. The van der Waals surface area contributed by atoms with Crippen LogP contribution in [0.25, 0.3) is 16.6 Å². The van der Waals surface area contributed by atoms with Crippen molar-refractivity contribution in [3.8, 4) is 11.4 Å². The van der Waals surface area contributed by atoms with E-state index in [0.29, 0.717) is 41.1 Å². The third-order valence-electron chi connectivity index (χ3n) is 5.89. The Morgan fingerprint density at radius 3 is 2.73 bits per heavy atom. The van der Waals surface area contributed by atoms with Gasteiger partial charge >= 0.3 is 11.8 Å². The fraction of sp³-hybridized carbons (Fsp3) is 0.462. The zero-order valence-electron chi connectivity index (χ0n) is 21.6. The van der Waals surface area contributed by atoms with Crippen LogP contribution in [-0.2, 0) is 4.74 Å². The molecular weight excluding hydrogens is 542 g/mol. The first-order valence-electron chi connectivity index (χ1n) is 12.2. The summed E-state index contributed by atoms with van der Waals surface area (Å²) in [6, 6.07) is 6.81. The summed E-state index contributed by atoms with van der Waals surface area (Å²) in [6.45, 7) is 11.2. The molecule has 0 unspecified atom stereocenters. The molecular formula is C26H32BrN5O5. The molecule has 0 spiro atoms. The van der Waals surface area contributed by atoms with E-state index in [9.17, 15) is 14.4 Å². The summed E-state index contributed by atoms with van der Waals surface area (Å²) in [4.78, 5) is 47.1. The normalized spacial score (nSPS) is 16.3. The highest BCUT2D eigenvalue weighted by Gasteiger charge is 2.28. The topological polar surface area (TPSA) is 119 Å². The molecule has 2 N–H and O–H groups in total.